The van der Waals surface area contributed by atoms with Gasteiger partial charge in [-0.3, -0.25) is 19.2 Å². The van der Waals surface area contributed by atoms with Gasteiger partial charge in [0.1, 0.15) is 18.1 Å². The molecule has 0 aliphatic heterocycles. The third-order valence-corrected chi connectivity index (χ3v) is 6.71. The van der Waals surface area contributed by atoms with Gasteiger partial charge < -0.3 is 37.5 Å². The predicted octanol–water partition coefficient (Wildman–Crippen LogP) is 0.251. The molecule has 0 aliphatic carbocycles. The average molecular weight is 563 g/mol. The molecule has 9 N–H and O–H groups in total. The number of carboxylic acids is 1. The number of fused-ring (bicyclic) bond motifs is 1. The molecule has 1 aromatic carbocycles. The highest BCUT2D eigenvalue weighted by Gasteiger charge is 2.32. The lowest BCUT2D eigenvalue weighted by atomic mass is 10.0. The minimum Gasteiger partial charge on any atom is -0.480 e. The first-order valence-electron chi connectivity index (χ1n) is 12.6. The number of nitrogens with one attached hydrogen (secondary N) is 4. The summed E-state index contributed by atoms with van der Waals surface area (Å²) in [7, 11) is 0. The Balaban J connectivity index is 2.29. The van der Waals surface area contributed by atoms with Gasteiger partial charge in [0.15, 0.2) is 0 Å². The fourth-order valence-corrected chi connectivity index (χ4v) is 4.52. The Morgan fingerprint density at radius 1 is 0.974 bits per heavy atom. The molecule has 0 saturated carbocycles. The van der Waals surface area contributed by atoms with E-state index in [1.807, 2.05) is 30.5 Å². The number of H-pyrrole nitrogens is 1. The van der Waals surface area contributed by atoms with Crippen LogP contribution in [0.3, 0.4) is 0 Å². The number of aromatic nitrogens is 1. The Morgan fingerprint density at radius 3 is 2.21 bits per heavy atom. The van der Waals surface area contributed by atoms with Gasteiger partial charge in [-0.1, -0.05) is 32.0 Å². The molecule has 2 rings (SSSR count). The smallest absolute Gasteiger partial charge is 0.326 e. The molecular formula is C26H38N6O6S. The normalized spacial score (nSPS) is 14.3. The number of rotatable bonds is 16. The zero-order valence-electron chi connectivity index (χ0n) is 22.4. The van der Waals surface area contributed by atoms with Crippen LogP contribution < -0.4 is 27.4 Å². The van der Waals surface area contributed by atoms with Gasteiger partial charge >= 0.3 is 5.97 Å². The van der Waals surface area contributed by atoms with Crippen molar-refractivity contribution >= 4 is 52.3 Å². The van der Waals surface area contributed by atoms with Crippen LogP contribution in [0.2, 0.25) is 0 Å². The summed E-state index contributed by atoms with van der Waals surface area (Å²) in [6.45, 7) is 3.60. The highest BCUT2D eigenvalue weighted by Crippen LogP contribution is 2.19. The van der Waals surface area contributed by atoms with Crippen LogP contribution in [0.15, 0.2) is 30.5 Å². The molecule has 1 heterocycles. The van der Waals surface area contributed by atoms with E-state index in [2.05, 4.69) is 20.9 Å². The van der Waals surface area contributed by atoms with Crippen LogP contribution in [0.25, 0.3) is 10.9 Å². The number of nitrogens with two attached hydrogens (primary N) is 2. The van der Waals surface area contributed by atoms with Crippen molar-refractivity contribution < 1.29 is 29.1 Å². The average Bonchev–Trinajstić information content (AvgIpc) is 3.28. The van der Waals surface area contributed by atoms with Crippen molar-refractivity contribution in [2.75, 3.05) is 12.0 Å². The summed E-state index contributed by atoms with van der Waals surface area (Å²) in [6.07, 6.45) is 3.65. The third-order valence-electron chi connectivity index (χ3n) is 6.06. The van der Waals surface area contributed by atoms with E-state index < -0.39 is 60.2 Å². The summed E-state index contributed by atoms with van der Waals surface area (Å²) in [4.78, 5) is 65.7. The Morgan fingerprint density at radius 2 is 1.59 bits per heavy atom. The van der Waals surface area contributed by atoms with E-state index in [0.717, 1.165) is 16.5 Å². The van der Waals surface area contributed by atoms with Crippen molar-refractivity contribution in [1.82, 2.24) is 20.9 Å². The Labute approximate surface area is 231 Å². The number of amides is 4. The zero-order chi connectivity index (χ0) is 29.1. The molecule has 2 aromatic rings. The molecule has 39 heavy (non-hydrogen) atoms. The predicted molar refractivity (Wildman–Crippen MR) is 150 cm³/mol. The van der Waals surface area contributed by atoms with Crippen molar-refractivity contribution in [2.45, 2.75) is 63.7 Å². The number of aromatic amines is 1. The van der Waals surface area contributed by atoms with Gasteiger partial charge in [0, 0.05) is 23.5 Å². The fraction of sp³-hybridized carbons (Fsp3) is 0.500. The first-order chi connectivity index (χ1) is 18.4. The quantitative estimate of drug-likeness (QED) is 0.150. The summed E-state index contributed by atoms with van der Waals surface area (Å²) >= 11 is 1.53. The molecular weight excluding hydrogens is 524 g/mol. The number of benzene rings is 1. The van der Waals surface area contributed by atoms with Crippen molar-refractivity contribution in [1.29, 1.82) is 0 Å². The van der Waals surface area contributed by atoms with Gasteiger partial charge in [-0.25, -0.2) is 4.79 Å². The molecule has 0 radical (unpaired) electrons. The van der Waals surface area contributed by atoms with Crippen molar-refractivity contribution in [3.63, 3.8) is 0 Å². The van der Waals surface area contributed by atoms with Crippen LogP contribution >= 0.6 is 11.8 Å². The second kappa shape index (κ2) is 15.1. The second-order valence-corrected chi connectivity index (χ2v) is 10.8. The van der Waals surface area contributed by atoms with E-state index in [1.165, 1.54) is 11.8 Å². The molecule has 214 valence electrons. The van der Waals surface area contributed by atoms with Crippen molar-refractivity contribution in [3.8, 4) is 0 Å². The SMILES string of the molecule is CSCCC(N)C(=O)NC(Cc1c[nH]c2ccccc12)C(=O)NC(CC(N)=O)C(=O)NC(CC(C)C)C(=O)O. The molecule has 4 amide bonds. The second-order valence-electron chi connectivity index (χ2n) is 9.77. The highest BCUT2D eigenvalue weighted by molar-refractivity contribution is 7.98. The van der Waals surface area contributed by atoms with Crippen molar-refractivity contribution in [2.24, 2.45) is 17.4 Å². The van der Waals surface area contributed by atoms with E-state index in [9.17, 15) is 29.1 Å². The number of hydrogen-bond acceptors (Lipinski definition) is 7. The first-order valence-corrected chi connectivity index (χ1v) is 14.0. The fourth-order valence-electron chi connectivity index (χ4n) is 4.03. The minimum absolute atomic E-state index is 0.0401. The molecule has 12 nitrogen and oxygen atoms in total. The number of carboxylic acid groups (broad SMARTS) is 1. The van der Waals surface area contributed by atoms with E-state index in [-0.39, 0.29) is 18.8 Å². The lowest BCUT2D eigenvalue weighted by Crippen LogP contribution is -2.58. The summed E-state index contributed by atoms with van der Waals surface area (Å²) in [5, 5.41) is 17.9. The molecule has 0 saturated heterocycles. The summed E-state index contributed by atoms with van der Waals surface area (Å²) < 4.78 is 0. The van der Waals surface area contributed by atoms with E-state index >= 15 is 0 Å². The summed E-state index contributed by atoms with van der Waals surface area (Å²) in [5.41, 5.74) is 12.9. The summed E-state index contributed by atoms with van der Waals surface area (Å²) in [5.74, 6) is -3.67. The number of hydrogen-bond donors (Lipinski definition) is 7. The highest BCUT2D eigenvalue weighted by atomic mass is 32.2. The van der Waals surface area contributed by atoms with Crippen LogP contribution in [0.1, 0.15) is 38.7 Å². The number of aliphatic carboxylic acids is 1. The molecule has 0 fully saturated rings. The Kier molecular flexibility index (Phi) is 12.3. The standard InChI is InChI=1S/C26H38N6O6S/c1-14(2)10-21(26(37)38)32-25(36)20(12-22(28)33)31-24(35)19(30-23(34)17(27)8-9-39-3)11-15-13-29-18-7-5-4-6-16(15)18/h4-7,13-14,17,19-21,29H,8-12,27H2,1-3H3,(H2,28,33)(H,30,34)(H,31,35)(H,32,36)(H,37,38). The van der Waals surface area contributed by atoms with E-state index in [0.29, 0.717) is 12.2 Å². The van der Waals surface area contributed by atoms with Gasteiger partial charge in [-0.15, -0.1) is 0 Å². The number of carbonyl (C=O) groups is 5. The number of para-hydroxylation sites is 1. The monoisotopic (exact) mass is 562 g/mol. The van der Waals surface area contributed by atoms with Gasteiger partial charge in [0.05, 0.1) is 12.5 Å². The van der Waals surface area contributed by atoms with Crippen molar-refractivity contribution in [3.05, 3.63) is 36.0 Å². The molecule has 0 aliphatic rings. The third kappa shape index (κ3) is 9.91. The number of thioether (sulfide) groups is 1. The van der Waals surface area contributed by atoms with Crippen LogP contribution in [-0.2, 0) is 30.4 Å². The lowest BCUT2D eigenvalue weighted by Gasteiger charge is -2.25. The minimum atomic E-state index is -1.45. The Bertz CT molecular complexity index is 1170. The molecule has 4 unspecified atom stereocenters. The van der Waals surface area contributed by atoms with Crippen LogP contribution in [0.4, 0.5) is 0 Å². The lowest BCUT2D eigenvalue weighted by molar-refractivity contribution is -0.143. The molecule has 1 aromatic heterocycles. The maximum Gasteiger partial charge on any atom is 0.326 e. The van der Waals surface area contributed by atoms with Gasteiger partial charge in [0.2, 0.25) is 23.6 Å². The van der Waals surface area contributed by atoms with Gasteiger partial charge in [0.25, 0.3) is 0 Å². The molecule has 4 atom stereocenters. The largest absolute Gasteiger partial charge is 0.480 e. The Hall–Kier alpha value is -3.58. The van der Waals surface area contributed by atoms with Crippen LogP contribution in [0.5, 0.6) is 0 Å². The van der Waals surface area contributed by atoms with Gasteiger partial charge in [-0.05, 0) is 42.4 Å². The zero-order valence-corrected chi connectivity index (χ0v) is 23.2. The van der Waals surface area contributed by atoms with Crippen LogP contribution in [0, 0.1) is 5.92 Å². The number of primary amides is 1. The maximum absolute atomic E-state index is 13.4. The summed E-state index contributed by atoms with van der Waals surface area (Å²) in [6, 6.07) is 2.77. The number of carbonyl (C=O) groups excluding carboxylic acids is 4. The van der Waals surface area contributed by atoms with E-state index in [1.54, 1.807) is 20.0 Å². The molecule has 0 bridgehead atoms. The topological polar surface area (TPSA) is 209 Å². The first kappa shape index (κ1) is 31.6. The van der Waals surface area contributed by atoms with Crippen LogP contribution in [-0.4, -0.2) is 75.9 Å². The van der Waals surface area contributed by atoms with E-state index in [4.69, 9.17) is 11.5 Å². The molecule has 0 spiro atoms. The maximum atomic E-state index is 13.4. The molecule has 13 heteroatoms. The van der Waals surface area contributed by atoms with Gasteiger partial charge in [-0.2, -0.15) is 11.8 Å².